The van der Waals surface area contributed by atoms with Crippen LogP contribution in [0.25, 0.3) is 0 Å². The van der Waals surface area contributed by atoms with Crippen molar-refractivity contribution in [1.82, 2.24) is 5.32 Å². The maximum atomic E-state index is 11.5. The van der Waals surface area contributed by atoms with Gasteiger partial charge in [-0.05, 0) is 0 Å². The zero-order valence-electron chi connectivity index (χ0n) is 15.9. The van der Waals surface area contributed by atoms with E-state index < -0.39 is 92.4 Å². The van der Waals surface area contributed by atoms with Crippen LogP contribution >= 0.6 is 0 Å². The molecule has 14 nitrogen and oxygen atoms in total. The molecule has 30 heavy (non-hydrogen) atoms. The van der Waals surface area contributed by atoms with Crippen molar-refractivity contribution < 1.29 is 64.7 Å². The van der Waals surface area contributed by atoms with E-state index >= 15 is 0 Å². The van der Waals surface area contributed by atoms with E-state index in [-0.39, 0.29) is 0 Å². The van der Waals surface area contributed by atoms with E-state index in [0.29, 0.717) is 0 Å². The van der Waals surface area contributed by atoms with Gasteiger partial charge in [-0.3, -0.25) is 4.79 Å². The van der Waals surface area contributed by atoms with E-state index in [0.717, 1.165) is 6.92 Å². The van der Waals surface area contributed by atoms with Gasteiger partial charge in [0, 0.05) is 13.3 Å². The third-order valence-corrected chi connectivity index (χ3v) is 4.96. The highest BCUT2D eigenvalue weighted by molar-refractivity contribution is 5.75. The second-order valence-electron chi connectivity index (χ2n) is 7.23. The molecule has 2 saturated heterocycles. The molecule has 2 aliphatic rings. The number of hydrogen-bond acceptors (Lipinski definition) is 12. The molecular formula is C16H27NO13. The zero-order valence-corrected chi connectivity index (χ0v) is 15.9. The molecule has 0 aromatic rings. The normalized spacial score (nSPS) is 43.1. The number of ether oxygens (including phenoxy) is 3. The Kier molecular flexibility index (Phi) is 8.09. The Labute approximate surface area is 170 Å². The molecule has 0 bridgehead atoms. The summed E-state index contributed by atoms with van der Waals surface area (Å²) in [6.07, 6.45) is -14.0. The summed E-state index contributed by atoms with van der Waals surface area (Å²) in [5, 5.41) is 80.8. The van der Waals surface area contributed by atoms with Gasteiger partial charge in [0.2, 0.25) is 5.91 Å². The van der Waals surface area contributed by atoms with Crippen LogP contribution in [0.15, 0.2) is 0 Å². The number of aliphatic hydroxyl groups is 7. The van der Waals surface area contributed by atoms with Gasteiger partial charge in [-0.25, -0.2) is 4.79 Å². The summed E-state index contributed by atoms with van der Waals surface area (Å²) in [4.78, 5) is 22.8. The maximum absolute atomic E-state index is 11.5. The lowest BCUT2D eigenvalue weighted by atomic mass is 9.91. The summed E-state index contributed by atoms with van der Waals surface area (Å²) in [5.41, 5.74) is 0. The molecule has 9 N–H and O–H groups in total. The van der Waals surface area contributed by atoms with Crippen LogP contribution in [0, 0.1) is 0 Å². The number of amides is 1. The third kappa shape index (κ3) is 5.05. The average molecular weight is 441 g/mol. The summed E-state index contributed by atoms with van der Waals surface area (Å²) in [5.74, 6) is -5.37. The minimum Gasteiger partial charge on any atom is -0.477 e. The molecule has 174 valence electrons. The van der Waals surface area contributed by atoms with Gasteiger partial charge in [-0.2, -0.15) is 0 Å². The van der Waals surface area contributed by atoms with Crippen molar-refractivity contribution in [2.75, 3.05) is 13.2 Å². The van der Waals surface area contributed by atoms with Crippen molar-refractivity contribution in [2.24, 2.45) is 0 Å². The first kappa shape index (κ1) is 24.8. The van der Waals surface area contributed by atoms with Gasteiger partial charge in [-0.1, -0.05) is 0 Å². The first-order valence-corrected chi connectivity index (χ1v) is 9.10. The van der Waals surface area contributed by atoms with Gasteiger partial charge < -0.3 is 60.4 Å². The molecule has 0 aliphatic carbocycles. The molecule has 2 heterocycles. The summed E-state index contributed by atoms with van der Waals surface area (Å²) >= 11 is 0. The Morgan fingerprint density at radius 3 is 2.37 bits per heavy atom. The number of aliphatic carboxylic acids is 1. The summed E-state index contributed by atoms with van der Waals surface area (Å²) in [6.45, 7) is -0.581. The van der Waals surface area contributed by atoms with Crippen molar-refractivity contribution >= 4 is 11.9 Å². The van der Waals surface area contributed by atoms with Crippen molar-refractivity contribution in [2.45, 2.75) is 74.2 Å². The monoisotopic (exact) mass is 441 g/mol. The number of carboxylic acids is 1. The highest BCUT2D eigenvalue weighted by Crippen LogP contribution is 2.34. The molecule has 2 fully saturated rings. The fourth-order valence-corrected chi connectivity index (χ4v) is 3.41. The molecule has 2 aliphatic heterocycles. The lowest BCUT2D eigenvalue weighted by Crippen LogP contribution is -2.68. The molecule has 0 radical (unpaired) electrons. The Balaban J connectivity index is 2.32. The fourth-order valence-electron chi connectivity index (χ4n) is 3.41. The van der Waals surface area contributed by atoms with E-state index in [4.69, 9.17) is 19.3 Å². The minimum absolute atomic E-state index is 0.640. The summed E-state index contributed by atoms with van der Waals surface area (Å²) in [7, 11) is 0. The van der Waals surface area contributed by atoms with Crippen molar-refractivity contribution in [3.63, 3.8) is 0 Å². The van der Waals surface area contributed by atoms with Crippen LogP contribution < -0.4 is 5.32 Å². The number of hydrogen-bond donors (Lipinski definition) is 9. The number of rotatable bonds is 7. The molecule has 0 spiro atoms. The topological polar surface area (TPSA) is 236 Å². The van der Waals surface area contributed by atoms with Crippen molar-refractivity contribution in [3.8, 4) is 0 Å². The van der Waals surface area contributed by atoms with Crippen LogP contribution in [0.1, 0.15) is 13.3 Å². The first-order valence-electron chi connectivity index (χ1n) is 9.10. The predicted molar refractivity (Wildman–Crippen MR) is 91.4 cm³/mol. The summed E-state index contributed by atoms with van der Waals surface area (Å²) in [6, 6.07) is -1.39. The molecule has 0 unspecified atom stereocenters. The Morgan fingerprint density at radius 2 is 1.87 bits per heavy atom. The fraction of sp³-hybridized carbons (Fsp3) is 0.875. The number of aliphatic hydroxyl groups excluding tert-OH is 6. The van der Waals surface area contributed by atoms with Crippen LogP contribution in [0.5, 0.6) is 0 Å². The quantitative estimate of drug-likeness (QED) is 0.180. The van der Waals surface area contributed by atoms with Gasteiger partial charge in [0.05, 0.1) is 19.3 Å². The molecule has 14 heteroatoms. The predicted octanol–water partition coefficient (Wildman–Crippen LogP) is -5.41. The molecule has 1 amide bonds. The number of carbonyl (C=O) groups excluding carboxylic acids is 1. The van der Waals surface area contributed by atoms with Gasteiger partial charge in [0.1, 0.15) is 42.7 Å². The lowest BCUT2D eigenvalue weighted by Gasteiger charge is -2.47. The number of carbonyl (C=O) groups is 2. The minimum atomic E-state index is -2.88. The van der Waals surface area contributed by atoms with Crippen LogP contribution in [0.3, 0.4) is 0 Å². The van der Waals surface area contributed by atoms with E-state index in [9.17, 15) is 45.3 Å². The highest BCUT2D eigenvalue weighted by atomic mass is 16.7. The number of nitrogens with one attached hydrogen (secondary N) is 1. The Morgan fingerprint density at radius 1 is 1.23 bits per heavy atom. The van der Waals surface area contributed by atoms with Gasteiger partial charge in [0.25, 0.3) is 5.79 Å². The van der Waals surface area contributed by atoms with Crippen LogP contribution in [-0.4, -0.2) is 127 Å². The molecular weight excluding hydrogens is 414 g/mol. The van der Waals surface area contributed by atoms with Gasteiger partial charge >= 0.3 is 5.97 Å². The third-order valence-electron chi connectivity index (χ3n) is 4.96. The van der Waals surface area contributed by atoms with Crippen LogP contribution in [-0.2, 0) is 23.8 Å². The van der Waals surface area contributed by atoms with E-state index in [1.165, 1.54) is 0 Å². The Bertz CT molecular complexity index is 620. The highest BCUT2D eigenvalue weighted by Gasteiger charge is 2.55. The van der Waals surface area contributed by atoms with E-state index in [1.54, 1.807) is 0 Å². The second kappa shape index (κ2) is 9.78. The molecule has 0 aromatic carbocycles. The molecule has 0 aromatic heterocycles. The Hall–Kier alpha value is -1.46. The first-order chi connectivity index (χ1) is 13.9. The van der Waals surface area contributed by atoms with E-state index in [1.807, 2.05) is 0 Å². The van der Waals surface area contributed by atoms with Gasteiger partial charge in [0.15, 0.2) is 6.29 Å². The zero-order chi connectivity index (χ0) is 22.8. The largest absolute Gasteiger partial charge is 0.477 e. The smallest absolute Gasteiger partial charge is 0.364 e. The molecule has 10 atom stereocenters. The van der Waals surface area contributed by atoms with Crippen LogP contribution in [0.4, 0.5) is 0 Å². The van der Waals surface area contributed by atoms with Gasteiger partial charge in [-0.15, -0.1) is 0 Å². The lowest BCUT2D eigenvalue weighted by molar-refractivity contribution is -0.349. The molecule has 0 saturated carbocycles. The summed E-state index contributed by atoms with van der Waals surface area (Å²) < 4.78 is 15.9. The molecule has 2 rings (SSSR count). The van der Waals surface area contributed by atoms with Crippen molar-refractivity contribution in [1.29, 1.82) is 0 Å². The standard InChI is InChI=1S/C16H27NO13/c1-5(20)17-9-11(24)10(23)8(4-19)28-14(9)29-12-6(21)2-16(27,15(25)26)30-13(12)7(22)3-18/h6-14,18-19,21-24,27H,2-4H2,1H3,(H,17,20)(H,25,26)/t6-,7-,8-,9-,10-,11-,12-,13-,14-,16+/m1/s1. The van der Waals surface area contributed by atoms with Crippen LogP contribution in [0.2, 0.25) is 0 Å². The van der Waals surface area contributed by atoms with Crippen molar-refractivity contribution in [3.05, 3.63) is 0 Å². The maximum Gasteiger partial charge on any atom is 0.364 e. The second-order valence-corrected chi connectivity index (χ2v) is 7.23. The average Bonchev–Trinajstić information content (AvgIpc) is 2.67. The SMILES string of the molecule is CC(=O)N[C@H]1[C@@H](O[C@H]2[C@@H]([C@H](O)CO)O[C@](O)(C(=O)O)C[C@H]2O)O[C@H](CO)[C@@H](O)[C@@H]1O. The number of carboxylic acid groups (broad SMARTS) is 1. The van der Waals surface area contributed by atoms with E-state index in [2.05, 4.69) is 5.32 Å².